The van der Waals surface area contributed by atoms with Gasteiger partial charge in [-0.1, -0.05) is 12.1 Å². The summed E-state index contributed by atoms with van der Waals surface area (Å²) in [6.07, 6.45) is 0.212. The number of para-hydroxylation sites is 2. The van der Waals surface area contributed by atoms with Crippen LogP contribution < -0.4 is 15.8 Å². The molecular weight excluding hydrogens is 308 g/mol. The molecule has 0 aliphatic carbocycles. The van der Waals surface area contributed by atoms with Crippen molar-refractivity contribution < 1.29 is 9.47 Å². The van der Waals surface area contributed by atoms with Gasteiger partial charge in [0.1, 0.15) is 11.6 Å². The largest absolute Gasteiger partial charge is 0.495 e. The molecule has 8 heteroatoms. The van der Waals surface area contributed by atoms with Gasteiger partial charge >= 0.3 is 0 Å². The Kier molecular flexibility index (Phi) is 5.07. The third kappa shape index (κ3) is 4.09. The lowest BCUT2D eigenvalue weighted by molar-refractivity contribution is -0.0219. The number of benzene rings is 1. The van der Waals surface area contributed by atoms with Gasteiger partial charge in [0.2, 0.25) is 11.9 Å². The van der Waals surface area contributed by atoms with Gasteiger partial charge in [-0.3, -0.25) is 4.90 Å². The first kappa shape index (κ1) is 16.4. The first-order valence-corrected chi connectivity index (χ1v) is 7.88. The van der Waals surface area contributed by atoms with E-state index in [0.717, 1.165) is 18.8 Å². The third-order valence-corrected chi connectivity index (χ3v) is 3.74. The summed E-state index contributed by atoms with van der Waals surface area (Å²) in [6.45, 7) is 5.09. The van der Waals surface area contributed by atoms with Gasteiger partial charge in [0.05, 0.1) is 32.1 Å². The number of nitrogens with two attached hydrogens (primary N) is 1. The summed E-state index contributed by atoms with van der Waals surface area (Å²) in [5.41, 5.74) is 6.61. The van der Waals surface area contributed by atoms with Gasteiger partial charge in [-0.15, -0.1) is 0 Å². The van der Waals surface area contributed by atoms with E-state index in [1.54, 1.807) is 7.11 Å². The molecule has 24 heavy (non-hydrogen) atoms. The fraction of sp³-hybridized carbons (Fsp3) is 0.438. The monoisotopic (exact) mass is 330 g/mol. The molecule has 0 bridgehead atoms. The van der Waals surface area contributed by atoms with E-state index in [9.17, 15) is 0 Å². The molecule has 2 heterocycles. The first-order valence-electron chi connectivity index (χ1n) is 7.88. The summed E-state index contributed by atoms with van der Waals surface area (Å²) in [4.78, 5) is 15.1. The van der Waals surface area contributed by atoms with E-state index in [2.05, 4.69) is 32.1 Å². The van der Waals surface area contributed by atoms with E-state index in [1.165, 1.54) is 0 Å². The maximum absolute atomic E-state index is 5.84. The molecule has 0 unspecified atom stereocenters. The van der Waals surface area contributed by atoms with Crippen LogP contribution >= 0.6 is 0 Å². The zero-order valence-corrected chi connectivity index (χ0v) is 13.9. The number of ether oxygens (including phenoxy) is 2. The number of morpholine rings is 1. The number of hydrogen-bond donors (Lipinski definition) is 2. The minimum Gasteiger partial charge on any atom is -0.495 e. The molecule has 0 amide bonds. The van der Waals surface area contributed by atoms with E-state index in [1.807, 2.05) is 24.3 Å². The van der Waals surface area contributed by atoms with Gasteiger partial charge < -0.3 is 20.5 Å². The summed E-state index contributed by atoms with van der Waals surface area (Å²) in [6, 6.07) is 7.56. The first-order chi connectivity index (χ1) is 11.6. The number of nitrogen functional groups attached to an aromatic ring is 1. The van der Waals surface area contributed by atoms with Crippen molar-refractivity contribution in [2.45, 2.75) is 19.6 Å². The molecule has 1 aliphatic rings. The smallest absolute Gasteiger partial charge is 0.232 e. The summed E-state index contributed by atoms with van der Waals surface area (Å²) in [7, 11) is 1.62. The van der Waals surface area contributed by atoms with Crippen LogP contribution in [0.15, 0.2) is 24.3 Å². The summed E-state index contributed by atoms with van der Waals surface area (Å²) < 4.78 is 10.9. The molecule has 8 nitrogen and oxygen atoms in total. The zero-order chi connectivity index (χ0) is 16.9. The Morgan fingerprint density at radius 1 is 1.33 bits per heavy atom. The van der Waals surface area contributed by atoms with Crippen LogP contribution in [0.2, 0.25) is 0 Å². The number of nitrogens with zero attached hydrogens (tertiary/aromatic N) is 4. The second-order valence-electron chi connectivity index (χ2n) is 5.68. The molecule has 1 saturated heterocycles. The second-order valence-corrected chi connectivity index (χ2v) is 5.68. The van der Waals surface area contributed by atoms with Crippen LogP contribution in [-0.4, -0.2) is 52.8 Å². The van der Waals surface area contributed by atoms with Crippen LogP contribution in [0.3, 0.4) is 0 Å². The highest BCUT2D eigenvalue weighted by atomic mass is 16.5. The Morgan fingerprint density at radius 3 is 2.96 bits per heavy atom. The Morgan fingerprint density at radius 2 is 2.17 bits per heavy atom. The zero-order valence-electron chi connectivity index (χ0n) is 13.9. The van der Waals surface area contributed by atoms with Crippen LogP contribution in [0.25, 0.3) is 0 Å². The number of rotatable bonds is 5. The number of anilines is 3. The highest BCUT2D eigenvalue weighted by molar-refractivity contribution is 5.62. The molecule has 1 aromatic heterocycles. The lowest BCUT2D eigenvalue weighted by Gasteiger charge is -2.30. The van der Waals surface area contributed by atoms with Gasteiger partial charge in [-0.25, -0.2) is 0 Å². The van der Waals surface area contributed by atoms with E-state index in [4.69, 9.17) is 15.2 Å². The van der Waals surface area contributed by atoms with E-state index < -0.39 is 0 Å². The molecule has 3 N–H and O–H groups in total. The number of aromatic nitrogens is 3. The van der Waals surface area contributed by atoms with E-state index >= 15 is 0 Å². The van der Waals surface area contributed by atoms with Crippen LogP contribution in [-0.2, 0) is 11.3 Å². The molecular formula is C16H22N6O2. The predicted molar refractivity (Wildman–Crippen MR) is 91.2 cm³/mol. The lowest BCUT2D eigenvalue weighted by Crippen LogP contribution is -2.40. The van der Waals surface area contributed by atoms with Gasteiger partial charge in [-0.2, -0.15) is 15.0 Å². The Hall–Kier alpha value is -2.45. The molecule has 2 aromatic rings. The fourth-order valence-electron chi connectivity index (χ4n) is 2.67. The molecule has 1 aromatic carbocycles. The van der Waals surface area contributed by atoms with Crippen molar-refractivity contribution in [1.82, 2.24) is 19.9 Å². The van der Waals surface area contributed by atoms with Crippen molar-refractivity contribution in [3.8, 4) is 5.75 Å². The number of methoxy groups -OCH3 is 1. The molecule has 1 fully saturated rings. The van der Waals surface area contributed by atoms with E-state index in [0.29, 0.717) is 30.7 Å². The van der Waals surface area contributed by atoms with Crippen LogP contribution in [0.1, 0.15) is 12.7 Å². The molecule has 1 aliphatic heterocycles. The topological polar surface area (TPSA) is 98.4 Å². The summed E-state index contributed by atoms with van der Waals surface area (Å²) in [5.74, 6) is 1.94. The number of nitrogens with one attached hydrogen (secondary N) is 1. The number of hydrogen-bond acceptors (Lipinski definition) is 8. The molecule has 0 spiro atoms. The highest BCUT2D eigenvalue weighted by Crippen LogP contribution is 2.25. The van der Waals surface area contributed by atoms with Crippen molar-refractivity contribution in [1.29, 1.82) is 0 Å². The normalized spacial score (nSPS) is 18.3. The third-order valence-electron chi connectivity index (χ3n) is 3.74. The van der Waals surface area contributed by atoms with Crippen molar-refractivity contribution in [3.05, 3.63) is 30.1 Å². The maximum atomic E-state index is 5.84. The fourth-order valence-corrected chi connectivity index (χ4v) is 2.67. The SMILES string of the molecule is COc1ccccc1Nc1nc(N)nc(CN2CCO[C@H](C)C2)n1. The molecule has 3 rings (SSSR count). The molecule has 0 radical (unpaired) electrons. The Labute approximate surface area is 141 Å². The highest BCUT2D eigenvalue weighted by Gasteiger charge is 2.18. The molecule has 1 atom stereocenters. The van der Waals surface area contributed by atoms with Crippen molar-refractivity contribution in [2.24, 2.45) is 0 Å². The van der Waals surface area contributed by atoms with Gasteiger partial charge in [0, 0.05) is 13.1 Å². The maximum Gasteiger partial charge on any atom is 0.232 e. The summed E-state index contributed by atoms with van der Waals surface area (Å²) >= 11 is 0. The van der Waals surface area contributed by atoms with Crippen LogP contribution in [0, 0.1) is 0 Å². The Bertz CT molecular complexity index is 696. The standard InChI is InChI=1S/C16H22N6O2/c1-11-9-22(7-8-24-11)10-14-19-15(17)21-16(20-14)18-12-5-3-4-6-13(12)23-2/h3-6,11H,7-10H2,1-2H3,(H3,17,18,19,20,21)/t11-/m1/s1. The average molecular weight is 330 g/mol. The Balaban J connectivity index is 1.76. The average Bonchev–Trinajstić information content (AvgIpc) is 2.55. The summed E-state index contributed by atoms with van der Waals surface area (Å²) in [5, 5.41) is 3.14. The molecule has 0 saturated carbocycles. The van der Waals surface area contributed by atoms with Crippen LogP contribution in [0.4, 0.5) is 17.6 Å². The van der Waals surface area contributed by atoms with Crippen molar-refractivity contribution >= 4 is 17.6 Å². The minimum atomic E-state index is 0.193. The lowest BCUT2D eigenvalue weighted by atomic mass is 10.3. The van der Waals surface area contributed by atoms with Gasteiger partial charge in [-0.05, 0) is 19.1 Å². The quantitative estimate of drug-likeness (QED) is 0.849. The van der Waals surface area contributed by atoms with Crippen molar-refractivity contribution in [3.63, 3.8) is 0 Å². The van der Waals surface area contributed by atoms with Gasteiger partial charge in [0.25, 0.3) is 0 Å². The van der Waals surface area contributed by atoms with Crippen molar-refractivity contribution in [2.75, 3.05) is 37.9 Å². The second kappa shape index (κ2) is 7.41. The minimum absolute atomic E-state index is 0.193. The van der Waals surface area contributed by atoms with Crippen LogP contribution in [0.5, 0.6) is 5.75 Å². The molecule has 128 valence electrons. The predicted octanol–water partition coefficient (Wildman–Crippen LogP) is 1.43. The van der Waals surface area contributed by atoms with Gasteiger partial charge in [0.15, 0.2) is 0 Å². The van der Waals surface area contributed by atoms with E-state index in [-0.39, 0.29) is 12.1 Å².